The highest BCUT2D eigenvalue weighted by molar-refractivity contribution is 9.10. The maximum Gasteiger partial charge on any atom is 0.234 e. The van der Waals surface area contributed by atoms with E-state index in [4.69, 9.17) is 0 Å². The van der Waals surface area contributed by atoms with E-state index in [0.717, 1.165) is 0 Å². The summed E-state index contributed by atoms with van der Waals surface area (Å²) in [6, 6.07) is 4.87. The molecule has 0 aliphatic heterocycles. The molecular weight excluding hydrogens is 299 g/mol. The second-order valence-corrected chi connectivity index (χ2v) is 6.05. The Morgan fingerprint density at radius 3 is 2.61 bits per heavy atom. The first-order valence-electron chi connectivity index (χ1n) is 5.73. The molecule has 3 nitrogen and oxygen atoms in total. The zero-order valence-corrected chi connectivity index (χ0v) is 12.4. The van der Waals surface area contributed by atoms with Gasteiger partial charge in [0.05, 0.1) is 6.54 Å². The Balaban J connectivity index is 2.40. The topological polar surface area (TPSA) is 41.1 Å². The van der Waals surface area contributed by atoms with Crippen molar-refractivity contribution in [1.29, 1.82) is 0 Å². The van der Waals surface area contributed by atoms with Gasteiger partial charge < -0.3 is 10.6 Å². The second kappa shape index (κ2) is 6.29. The number of amides is 1. The minimum atomic E-state index is -0.284. The first-order chi connectivity index (χ1) is 8.28. The number of hydrogen-bond acceptors (Lipinski definition) is 2. The molecule has 0 unspecified atom stereocenters. The Kier molecular flexibility index (Phi) is 5.28. The van der Waals surface area contributed by atoms with E-state index in [1.165, 1.54) is 6.07 Å². The van der Waals surface area contributed by atoms with Crippen molar-refractivity contribution in [2.45, 2.75) is 32.9 Å². The van der Waals surface area contributed by atoms with Crippen molar-refractivity contribution in [3.8, 4) is 0 Å². The average molecular weight is 317 g/mol. The molecule has 0 aliphatic carbocycles. The molecular formula is C13H18BrFN2O. The smallest absolute Gasteiger partial charge is 0.234 e. The Labute approximate surface area is 115 Å². The predicted molar refractivity (Wildman–Crippen MR) is 73.7 cm³/mol. The van der Waals surface area contributed by atoms with Gasteiger partial charge in [-0.2, -0.15) is 0 Å². The Morgan fingerprint density at radius 1 is 1.39 bits per heavy atom. The van der Waals surface area contributed by atoms with E-state index in [-0.39, 0.29) is 23.8 Å². The molecule has 5 heteroatoms. The van der Waals surface area contributed by atoms with E-state index in [0.29, 0.717) is 16.6 Å². The zero-order valence-electron chi connectivity index (χ0n) is 10.8. The molecule has 2 N–H and O–H groups in total. The first-order valence-corrected chi connectivity index (χ1v) is 6.53. The third kappa shape index (κ3) is 5.60. The van der Waals surface area contributed by atoms with Crippen molar-refractivity contribution in [2.24, 2.45) is 0 Å². The number of benzene rings is 1. The van der Waals surface area contributed by atoms with Gasteiger partial charge in [0.2, 0.25) is 5.91 Å². The summed E-state index contributed by atoms with van der Waals surface area (Å²) >= 11 is 3.20. The van der Waals surface area contributed by atoms with Gasteiger partial charge in [0.25, 0.3) is 0 Å². The molecule has 0 spiro atoms. The van der Waals surface area contributed by atoms with E-state index in [1.54, 1.807) is 12.1 Å². The van der Waals surface area contributed by atoms with Crippen LogP contribution in [-0.4, -0.2) is 18.0 Å². The van der Waals surface area contributed by atoms with Crippen LogP contribution in [0, 0.1) is 5.82 Å². The molecule has 0 saturated carbocycles. The van der Waals surface area contributed by atoms with Crippen molar-refractivity contribution in [3.63, 3.8) is 0 Å². The highest BCUT2D eigenvalue weighted by Gasteiger charge is 2.13. The van der Waals surface area contributed by atoms with Gasteiger partial charge in [0, 0.05) is 22.1 Å². The molecule has 0 atom stereocenters. The summed E-state index contributed by atoms with van der Waals surface area (Å²) in [7, 11) is 0. The fourth-order valence-corrected chi connectivity index (χ4v) is 1.77. The van der Waals surface area contributed by atoms with E-state index >= 15 is 0 Å². The standard InChI is InChI=1S/C13H18BrFN2O/c1-13(2,3)17-12(18)8-16-7-9-4-5-10(14)6-11(9)15/h4-6,16H,7-8H2,1-3H3,(H,17,18). The predicted octanol–water partition coefficient (Wildman–Crippen LogP) is 2.59. The van der Waals surface area contributed by atoms with Gasteiger partial charge in [-0.3, -0.25) is 4.79 Å². The maximum absolute atomic E-state index is 13.5. The highest BCUT2D eigenvalue weighted by atomic mass is 79.9. The highest BCUT2D eigenvalue weighted by Crippen LogP contribution is 2.14. The SMILES string of the molecule is CC(C)(C)NC(=O)CNCc1ccc(Br)cc1F. The van der Waals surface area contributed by atoms with E-state index in [1.807, 2.05) is 20.8 Å². The molecule has 1 aromatic carbocycles. The van der Waals surface area contributed by atoms with Gasteiger partial charge in [-0.15, -0.1) is 0 Å². The molecule has 1 aromatic rings. The minimum Gasteiger partial charge on any atom is -0.350 e. The van der Waals surface area contributed by atoms with Crippen LogP contribution in [0.1, 0.15) is 26.3 Å². The van der Waals surface area contributed by atoms with E-state index in [2.05, 4.69) is 26.6 Å². The van der Waals surface area contributed by atoms with Crippen LogP contribution in [0.3, 0.4) is 0 Å². The van der Waals surface area contributed by atoms with Crippen LogP contribution in [0.4, 0.5) is 4.39 Å². The van der Waals surface area contributed by atoms with Crippen LogP contribution in [0.5, 0.6) is 0 Å². The monoisotopic (exact) mass is 316 g/mol. The van der Waals surface area contributed by atoms with Crippen molar-refractivity contribution in [2.75, 3.05) is 6.54 Å². The molecule has 0 radical (unpaired) electrons. The number of nitrogens with one attached hydrogen (secondary N) is 2. The zero-order chi connectivity index (χ0) is 13.8. The molecule has 18 heavy (non-hydrogen) atoms. The van der Waals surface area contributed by atoms with Gasteiger partial charge >= 0.3 is 0 Å². The maximum atomic E-state index is 13.5. The third-order valence-electron chi connectivity index (χ3n) is 2.13. The molecule has 1 rings (SSSR count). The number of carbonyl (C=O) groups excluding carboxylic acids is 1. The van der Waals surface area contributed by atoms with Crippen LogP contribution in [0.2, 0.25) is 0 Å². The van der Waals surface area contributed by atoms with Crippen molar-refractivity contribution >= 4 is 21.8 Å². The van der Waals surface area contributed by atoms with Gasteiger partial charge in [-0.25, -0.2) is 4.39 Å². The average Bonchev–Trinajstić information content (AvgIpc) is 2.18. The number of rotatable bonds is 4. The summed E-state index contributed by atoms with van der Waals surface area (Å²) in [5, 5.41) is 5.74. The van der Waals surface area contributed by atoms with Gasteiger partial charge in [0.1, 0.15) is 5.82 Å². The van der Waals surface area contributed by atoms with Gasteiger partial charge in [0.15, 0.2) is 0 Å². The number of hydrogen-bond donors (Lipinski definition) is 2. The summed E-state index contributed by atoms with van der Waals surface area (Å²) in [6.45, 7) is 6.25. The largest absolute Gasteiger partial charge is 0.350 e. The van der Waals surface area contributed by atoms with E-state index in [9.17, 15) is 9.18 Å². The van der Waals surface area contributed by atoms with Crippen LogP contribution in [0.15, 0.2) is 22.7 Å². The quantitative estimate of drug-likeness (QED) is 0.896. The summed E-state index contributed by atoms with van der Waals surface area (Å²) in [4.78, 5) is 11.5. The van der Waals surface area contributed by atoms with Crippen LogP contribution in [0.25, 0.3) is 0 Å². The lowest BCUT2D eigenvalue weighted by atomic mass is 10.1. The molecule has 0 bridgehead atoms. The summed E-state index contributed by atoms with van der Waals surface area (Å²) in [6.07, 6.45) is 0. The minimum absolute atomic E-state index is 0.0972. The Bertz CT molecular complexity index is 429. The summed E-state index contributed by atoms with van der Waals surface area (Å²) in [5.41, 5.74) is 0.295. The lowest BCUT2D eigenvalue weighted by Gasteiger charge is -2.20. The molecule has 0 saturated heterocycles. The molecule has 1 amide bonds. The van der Waals surface area contributed by atoms with Gasteiger partial charge in [-0.05, 0) is 32.9 Å². The number of carbonyl (C=O) groups is 1. The van der Waals surface area contributed by atoms with Crippen LogP contribution >= 0.6 is 15.9 Å². The Morgan fingerprint density at radius 2 is 2.06 bits per heavy atom. The van der Waals surface area contributed by atoms with Crippen LogP contribution in [-0.2, 0) is 11.3 Å². The van der Waals surface area contributed by atoms with E-state index < -0.39 is 0 Å². The lowest BCUT2D eigenvalue weighted by molar-refractivity contribution is -0.121. The second-order valence-electron chi connectivity index (χ2n) is 5.14. The van der Waals surface area contributed by atoms with Crippen LogP contribution < -0.4 is 10.6 Å². The molecule has 100 valence electrons. The normalized spacial score (nSPS) is 11.4. The van der Waals surface area contributed by atoms with Crippen molar-refractivity contribution < 1.29 is 9.18 Å². The molecule has 0 aliphatic rings. The fraction of sp³-hybridized carbons (Fsp3) is 0.462. The molecule has 0 fully saturated rings. The third-order valence-corrected chi connectivity index (χ3v) is 2.62. The summed E-state index contributed by atoms with van der Waals surface area (Å²) in [5.74, 6) is -0.381. The molecule has 0 aromatic heterocycles. The fourth-order valence-electron chi connectivity index (χ4n) is 1.44. The lowest BCUT2D eigenvalue weighted by Crippen LogP contribution is -2.44. The Hall–Kier alpha value is -0.940. The summed E-state index contributed by atoms with van der Waals surface area (Å²) < 4.78 is 14.2. The number of halogens is 2. The van der Waals surface area contributed by atoms with Crippen molar-refractivity contribution in [1.82, 2.24) is 10.6 Å². The first kappa shape index (κ1) is 15.1. The van der Waals surface area contributed by atoms with Crippen molar-refractivity contribution in [3.05, 3.63) is 34.1 Å². The molecule has 0 heterocycles. The van der Waals surface area contributed by atoms with Gasteiger partial charge in [-0.1, -0.05) is 22.0 Å².